The van der Waals surface area contributed by atoms with Crippen molar-refractivity contribution in [1.29, 1.82) is 0 Å². The Morgan fingerprint density at radius 2 is 1.92 bits per heavy atom. The van der Waals surface area contributed by atoms with E-state index in [2.05, 4.69) is 10.3 Å². The third-order valence-corrected chi connectivity index (χ3v) is 5.71. The largest absolute Gasteiger partial charge is 0.492 e. The van der Waals surface area contributed by atoms with Gasteiger partial charge in [-0.15, -0.1) is 0 Å². The van der Waals surface area contributed by atoms with E-state index < -0.39 is 9.84 Å². The Bertz CT molecular complexity index is 1040. The summed E-state index contributed by atoms with van der Waals surface area (Å²) < 4.78 is 29.4. The van der Waals surface area contributed by atoms with Crippen molar-refractivity contribution in [1.82, 2.24) is 4.98 Å². The van der Waals surface area contributed by atoms with Crippen LogP contribution in [0.2, 0.25) is 0 Å². The Kier molecular flexibility index (Phi) is 5.24. The van der Waals surface area contributed by atoms with Gasteiger partial charge in [0, 0.05) is 6.26 Å². The lowest BCUT2D eigenvalue weighted by molar-refractivity contribution is -0.115. The molecule has 1 aromatic heterocycles. The van der Waals surface area contributed by atoms with Crippen LogP contribution >= 0.6 is 11.3 Å². The molecule has 0 bridgehead atoms. The number of hydrogen-bond acceptors (Lipinski definition) is 6. The maximum atomic E-state index is 12.3. The van der Waals surface area contributed by atoms with E-state index in [1.807, 2.05) is 25.1 Å². The minimum absolute atomic E-state index is 0.137. The van der Waals surface area contributed by atoms with Gasteiger partial charge in [0.2, 0.25) is 5.91 Å². The average molecular weight is 390 g/mol. The Hall–Kier alpha value is -2.45. The summed E-state index contributed by atoms with van der Waals surface area (Å²) in [4.78, 5) is 16.9. The number of rotatable bonds is 6. The number of amides is 1. The van der Waals surface area contributed by atoms with Gasteiger partial charge in [0.05, 0.1) is 22.6 Å². The highest BCUT2D eigenvalue weighted by Crippen LogP contribution is 2.32. The maximum Gasteiger partial charge on any atom is 0.230 e. The molecule has 136 valence electrons. The summed E-state index contributed by atoms with van der Waals surface area (Å²) in [5.74, 6) is 0.479. The number of hydrogen-bond donors (Lipinski definition) is 1. The number of benzene rings is 2. The lowest BCUT2D eigenvalue weighted by Crippen LogP contribution is -2.14. The van der Waals surface area contributed by atoms with Crippen LogP contribution in [-0.2, 0) is 21.1 Å². The molecule has 0 spiro atoms. The van der Waals surface area contributed by atoms with Crippen molar-refractivity contribution in [2.75, 3.05) is 18.2 Å². The molecule has 0 saturated carbocycles. The molecule has 0 aliphatic rings. The van der Waals surface area contributed by atoms with E-state index in [0.717, 1.165) is 22.0 Å². The highest BCUT2D eigenvalue weighted by atomic mass is 32.2. The predicted octanol–water partition coefficient (Wildman–Crippen LogP) is 3.28. The van der Waals surface area contributed by atoms with Crippen LogP contribution in [-0.4, -0.2) is 32.2 Å². The number of nitrogens with one attached hydrogen (secondary N) is 1. The van der Waals surface area contributed by atoms with Crippen molar-refractivity contribution in [2.24, 2.45) is 0 Å². The van der Waals surface area contributed by atoms with Crippen LogP contribution in [0, 0.1) is 0 Å². The van der Waals surface area contributed by atoms with Crippen LogP contribution in [0.15, 0.2) is 47.4 Å². The third kappa shape index (κ3) is 4.20. The average Bonchev–Trinajstić information content (AvgIpc) is 2.98. The number of carbonyl (C=O) groups excluding carboxylic acids is 1. The Morgan fingerprint density at radius 3 is 2.58 bits per heavy atom. The number of nitrogens with zero attached hydrogens (tertiary/aromatic N) is 1. The van der Waals surface area contributed by atoms with Crippen LogP contribution in [0.1, 0.15) is 12.5 Å². The topological polar surface area (TPSA) is 85.4 Å². The summed E-state index contributed by atoms with van der Waals surface area (Å²) in [5, 5.41) is 3.29. The molecule has 0 aliphatic heterocycles. The summed E-state index contributed by atoms with van der Waals surface area (Å²) in [7, 11) is -3.24. The van der Waals surface area contributed by atoms with Gasteiger partial charge in [-0.1, -0.05) is 29.5 Å². The van der Waals surface area contributed by atoms with Gasteiger partial charge in [0.25, 0.3) is 0 Å². The molecule has 6 nitrogen and oxygen atoms in total. The number of fused-ring (bicyclic) bond motifs is 1. The first-order valence-electron chi connectivity index (χ1n) is 7.98. The number of ether oxygens (including phenoxy) is 1. The van der Waals surface area contributed by atoms with Crippen molar-refractivity contribution in [3.05, 3.63) is 48.0 Å². The number of carbonyl (C=O) groups is 1. The number of sulfone groups is 1. The van der Waals surface area contributed by atoms with Crippen LogP contribution in [0.3, 0.4) is 0 Å². The fourth-order valence-corrected chi connectivity index (χ4v) is 3.98. The van der Waals surface area contributed by atoms with Crippen molar-refractivity contribution in [3.8, 4) is 5.75 Å². The molecular formula is C18H18N2O4S2. The van der Waals surface area contributed by atoms with Gasteiger partial charge < -0.3 is 10.1 Å². The summed E-state index contributed by atoms with van der Waals surface area (Å²) in [6, 6.07) is 12.0. The molecule has 0 unspecified atom stereocenters. The molecule has 26 heavy (non-hydrogen) atoms. The second kappa shape index (κ2) is 7.43. The van der Waals surface area contributed by atoms with Crippen molar-refractivity contribution >= 4 is 42.4 Å². The zero-order chi connectivity index (χ0) is 18.7. The SMILES string of the molecule is CCOc1cccc2sc(NC(=O)Cc3ccc(S(C)(=O)=O)cc3)nc12. The molecule has 1 N–H and O–H groups in total. The van der Waals surface area contributed by atoms with E-state index in [0.29, 0.717) is 17.5 Å². The lowest BCUT2D eigenvalue weighted by Gasteiger charge is -2.04. The van der Waals surface area contributed by atoms with E-state index in [9.17, 15) is 13.2 Å². The third-order valence-electron chi connectivity index (χ3n) is 3.64. The van der Waals surface area contributed by atoms with Crippen molar-refractivity contribution < 1.29 is 17.9 Å². The molecule has 0 atom stereocenters. The summed E-state index contributed by atoms with van der Waals surface area (Å²) in [6.07, 6.45) is 1.29. The van der Waals surface area contributed by atoms with Gasteiger partial charge in [-0.25, -0.2) is 13.4 Å². The lowest BCUT2D eigenvalue weighted by atomic mass is 10.1. The second-order valence-corrected chi connectivity index (χ2v) is 8.74. The molecule has 0 radical (unpaired) electrons. The van der Waals surface area contributed by atoms with E-state index in [1.165, 1.54) is 23.5 Å². The number of anilines is 1. The number of thiazole rings is 1. The monoisotopic (exact) mass is 390 g/mol. The number of para-hydroxylation sites is 1. The molecule has 2 aromatic carbocycles. The zero-order valence-corrected chi connectivity index (χ0v) is 16.0. The first-order chi connectivity index (χ1) is 12.4. The van der Waals surface area contributed by atoms with Gasteiger partial charge in [-0.05, 0) is 36.8 Å². The van der Waals surface area contributed by atoms with Gasteiger partial charge in [-0.3, -0.25) is 4.79 Å². The van der Waals surface area contributed by atoms with Gasteiger partial charge >= 0.3 is 0 Å². The maximum absolute atomic E-state index is 12.3. The molecule has 0 aliphatic carbocycles. The summed E-state index contributed by atoms with van der Waals surface area (Å²) in [6.45, 7) is 2.45. The highest BCUT2D eigenvalue weighted by molar-refractivity contribution is 7.90. The van der Waals surface area contributed by atoms with E-state index in [-0.39, 0.29) is 17.2 Å². The molecule has 0 saturated heterocycles. The van der Waals surface area contributed by atoms with Gasteiger partial charge in [0.15, 0.2) is 15.0 Å². The van der Waals surface area contributed by atoms with Crippen LogP contribution in [0.25, 0.3) is 10.2 Å². The predicted molar refractivity (Wildman–Crippen MR) is 103 cm³/mol. The fourth-order valence-electron chi connectivity index (χ4n) is 2.45. The molecule has 3 aromatic rings. The molecule has 3 rings (SSSR count). The second-order valence-electron chi connectivity index (χ2n) is 5.70. The van der Waals surface area contributed by atoms with Crippen molar-refractivity contribution in [3.63, 3.8) is 0 Å². The molecule has 1 heterocycles. The fraction of sp³-hybridized carbons (Fsp3) is 0.222. The van der Waals surface area contributed by atoms with E-state index in [1.54, 1.807) is 12.1 Å². The standard InChI is InChI=1S/C18H18N2O4S2/c1-3-24-14-5-4-6-15-17(14)20-18(25-15)19-16(21)11-12-7-9-13(10-8-12)26(2,22)23/h4-10H,3,11H2,1-2H3,(H,19,20,21). The molecule has 1 amide bonds. The minimum atomic E-state index is -3.24. The summed E-state index contributed by atoms with van der Waals surface area (Å²) >= 11 is 1.38. The van der Waals surface area contributed by atoms with Gasteiger partial charge in [-0.2, -0.15) is 0 Å². The molecule has 8 heteroatoms. The van der Waals surface area contributed by atoms with E-state index in [4.69, 9.17) is 4.74 Å². The van der Waals surface area contributed by atoms with Crippen molar-refractivity contribution in [2.45, 2.75) is 18.2 Å². The smallest absolute Gasteiger partial charge is 0.230 e. The first-order valence-corrected chi connectivity index (χ1v) is 10.7. The Balaban J connectivity index is 1.72. The minimum Gasteiger partial charge on any atom is -0.492 e. The molecular weight excluding hydrogens is 372 g/mol. The Labute approximate surface area is 155 Å². The first kappa shape index (κ1) is 18.3. The summed E-state index contributed by atoms with van der Waals surface area (Å²) in [5.41, 5.74) is 1.46. The van der Waals surface area contributed by atoms with Crippen LogP contribution < -0.4 is 10.1 Å². The molecule has 0 fully saturated rings. The quantitative estimate of drug-likeness (QED) is 0.698. The van der Waals surface area contributed by atoms with E-state index >= 15 is 0 Å². The zero-order valence-electron chi connectivity index (χ0n) is 14.4. The van der Waals surface area contributed by atoms with Crippen LogP contribution in [0.4, 0.5) is 5.13 Å². The van der Waals surface area contributed by atoms with Gasteiger partial charge in [0.1, 0.15) is 11.3 Å². The van der Waals surface area contributed by atoms with Crippen LogP contribution in [0.5, 0.6) is 5.75 Å². The number of aromatic nitrogens is 1. The Morgan fingerprint density at radius 1 is 1.19 bits per heavy atom. The normalized spacial score (nSPS) is 11.5. The highest BCUT2D eigenvalue weighted by Gasteiger charge is 2.12.